The molecule has 0 atom stereocenters. The molecule has 0 saturated carbocycles. The van der Waals surface area contributed by atoms with Gasteiger partial charge in [0.2, 0.25) is 0 Å². The van der Waals surface area contributed by atoms with Gasteiger partial charge in [-0.2, -0.15) is 0 Å². The monoisotopic (exact) mass is 304 g/mol. The Balaban J connectivity index is 2.04. The van der Waals surface area contributed by atoms with Crippen molar-refractivity contribution in [2.45, 2.75) is 0 Å². The second kappa shape index (κ2) is 5.11. The highest BCUT2D eigenvalue weighted by atomic mass is 32.1. The molecule has 0 aliphatic carbocycles. The number of rotatable bonds is 2. The number of thiazole rings is 1. The number of fused-ring (bicyclic) bond motifs is 2. The number of benzene rings is 3. The number of para-hydroxylation sites is 1. The quantitative estimate of drug-likeness (QED) is 0.507. The van der Waals surface area contributed by atoms with Crippen LogP contribution in [0.15, 0.2) is 60.7 Å². The van der Waals surface area contributed by atoms with Crippen LogP contribution in [0.2, 0.25) is 0 Å². The summed E-state index contributed by atoms with van der Waals surface area (Å²) in [5, 5.41) is 3.58. The highest BCUT2D eigenvalue weighted by molar-refractivity contribution is 7.22. The van der Waals surface area contributed by atoms with Gasteiger partial charge in [-0.1, -0.05) is 65.9 Å². The van der Waals surface area contributed by atoms with Crippen LogP contribution in [-0.2, 0) is 0 Å². The molecule has 1 heterocycles. The van der Waals surface area contributed by atoms with Gasteiger partial charge in [-0.05, 0) is 22.4 Å². The number of nitrogens with zero attached hydrogens (tertiary/aromatic N) is 2. The van der Waals surface area contributed by atoms with E-state index in [4.69, 9.17) is 4.98 Å². The Morgan fingerprint density at radius 3 is 2.41 bits per heavy atom. The molecular weight excluding hydrogens is 288 g/mol. The summed E-state index contributed by atoms with van der Waals surface area (Å²) in [5.74, 6) is 0. The predicted molar refractivity (Wildman–Crippen MR) is 96.9 cm³/mol. The molecule has 0 radical (unpaired) electrons. The molecule has 4 rings (SSSR count). The van der Waals surface area contributed by atoms with Crippen LogP contribution in [0.4, 0.5) is 5.13 Å². The molecule has 0 aliphatic rings. The van der Waals surface area contributed by atoms with E-state index in [-0.39, 0.29) is 0 Å². The van der Waals surface area contributed by atoms with E-state index in [1.807, 2.05) is 14.1 Å². The third-order valence-corrected chi connectivity index (χ3v) is 5.06. The number of aromatic nitrogens is 1. The van der Waals surface area contributed by atoms with Crippen molar-refractivity contribution in [2.24, 2.45) is 0 Å². The zero-order valence-electron chi connectivity index (χ0n) is 12.6. The number of hydrogen-bond donors (Lipinski definition) is 0. The van der Waals surface area contributed by atoms with E-state index in [1.54, 1.807) is 11.3 Å². The molecule has 22 heavy (non-hydrogen) atoms. The van der Waals surface area contributed by atoms with Gasteiger partial charge in [-0.15, -0.1) is 0 Å². The fraction of sp³-hybridized carbons (Fsp3) is 0.105. The summed E-state index contributed by atoms with van der Waals surface area (Å²) >= 11 is 1.73. The molecule has 0 saturated heterocycles. The van der Waals surface area contributed by atoms with Crippen LogP contribution < -0.4 is 4.90 Å². The maximum Gasteiger partial charge on any atom is 0.185 e. The molecule has 4 aromatic rings. The normalized spacial score (nSPS) is 11.2. The number of hydrogen-bond acceptors (Lipinski definition) is 3. The van der Waals surface area contributed by atoms with Gasteiger partial charge in [0.1, 0.15) is 0 Å². The van der Waals surface area contributed by atoms with Gasteiger partial charge in [-0.3, -0.25) is 0 Å². The summed E-state index contributed by atoms with van der Waals surface area (Å²) in [6.45, 7) is 0. The summed E-state index contributed by atoms with van der Waals surface area (Å²) in [6, 6.07) is 21.4. The molecule has 3 aromatic carbocycles. The Hall–Kier alpha value is -2.39. The average molecular weight is 304 g/mol. The molecular formula is C19H16N2S. The van der Waals surface area contributed by atoms with Crippen molar-refractivity contribution in [1.82, 2.24) is 4.98 Å². The first-order valence-electron chi connectivity index (χ1n) is 7.29. The minimum absolute atomic E-state index is 1.04. The lowest BCUT2D eigenvalue weighted by molar-refractivity contribution is 1.11. The molecule has 108 valence electrons. The lowest BCUT2D eigenvalue weighted by Crippen LogP contribution is -2.07. The van der Waals surface area contributed by atoms with Crippen LogP contribution in [0.5, 0.6) is 0 Å². The van der Waals surface area contributed by atoms with Crippen molar-refractivity contribution in [3.63, 3.8) is 0 Å². The molecule has 1 aromatic heterocycles. The lowest BCUT2D eigenvalue weighted by Gasteiger charge is -2.08. The first-order chi connectivity index (χ1) is 10.7. The van der Waals surface area contributed by atoms with Crippen molar-refractivity contribution in [3.8, 4) is 11.1 Å². The maximum atomic E-state index is 4.84. The van der Waals surface area contributed by atoms with Crippen LogP contribution in [0.1, 0.15) is 0 Å². The molecule has 3 heteroatoms. The summed E-state index contributed by atoms with van der Waals surface area (Å²) in [5.41, 5.74) is 3.55. The van der Waals surface area contributed by atoms with Crippen LogP contribution >= 0.6 is 11.3 Å². The van der Waals surface area contributed by atoms with Gasteiger partial charge in [-0.25, -0.2) is 4.98 Å². The van der Waals surface area contributed by atoms with Gasteiger partial charge in [0.25, 0.3) is 0 Å². The molecule has 0 fully saturated rings. The fourth-order valence-corrected chi connectivity index (χ4v) is 3.72. The van der Waals surface area contributed by atoms with Crippen molar-refractivity contribution in [3.05, 3.63) is 60.7 Å². The molecule has 0 unspecified atom stereocenters. The van der Waals surface area contributed by atoms with E-state index in [9.17, 15) is 0 Å². The first-order valence-corrected chi connectivity index (χ1v) is 8.11. The highest BCUT2D eigenvalue weighted by Crippen LogP contribution is 2.37. The molecule has 0 aliphatic heterocycles. The van der Waals surface area contributed by atoms with Gasteiger partial charge in [0.15, 0.2) is 5.13 Å². The fourth-order valence-electron chi connectivity index (χ4n) is 2.81. The predicted octanol–water partition coefficient (Wildman–Crippen LogP) is 5.18. The Morgan fingerprint density at radius 2 is 1.55 bits per heavy atom. The van der Waals surface area contributed by atoms with Gasteiger partial charge in [0, 0.05) is 19.7 Å². The Labute approximate surface area is 133 Å². The molecule has 0 amide bonds. The second-order valence-corrected chi connectivity index (χ2v) is 6.58. The zero-order valence-corrected chi connectivity index (χ0v) is 13.4. The maximum absolute atomic E-state index is 4.84. The van der Waals surface area contributed by atoms with E-state index >= 15 is 0 Å². The first kappa shape index (κ1) is 13.3. The van der Waals surface area contributed by atoms with Crippen molar-refractivity contribution in [2.75, 3.05) is 19.0 Å². The van der Waals surface area contributed by atoms with Crippen LogP contribution in [-0.4, -0.2) is 19.1 Å². The summed E-state index contributed by atoms with van der Waals surface area (Å²) in [7, 11) is 4.07. The van der Waals surface area contributed by atoms with Crippen molar-refractivity contribution < 1.29 is 0 Å². The lowest BCUT2D eigenvalue weighted by atomic mass is 9.98. The van der Waals surface area contributed by atoms with E-state index in [1.165, 1.54) is 26.6 Å². The third kappa shape index (κ3) is 2.06. The van der Waals surface area contributed by atoms with Gasteiger partial charge >= 0.3 is 0 Å². The smallest absolute Gasteiger partial charge is 0.185 e. The second-order valence-electron chi connectivity index (χ2n) is 5.57. The summed E-state index contributed by atoms with van der Waals surface area (Å²) < 4.78 is 1.23. The topological polar surface area (TPSA) is 16.1 Å². The minimum atomic E-state index is 1.04. The van der Waals surface area contributed by atoms with E-state index in [2.05, 4.69) is 65.6 Å². The van der Waals surface area contributed by atoms with Crippen molar-refractivity contribution in [1.29, 1.82) is 0 Å². The minimum Gasteiger partial charge on any atom is -0.354 e. The number of anilines is 1. The Morgan fingerprint density at radius 1 is 0.818 bits per heavy atom. The molecule has 0 N–H and O–H groups in total. The van der Waals surface area contributed by atoms with E-state index < -0.39 is 0 Å². The third-order valence-electron chi connectivity index (χ3n) is 3.87. The highest BCUT2D eigenvalue weighted by Gasteiger charge is 2.12. The molecule has 2 nitrogen and oxygen atoms in total. The van der Waals surface area contributed by atoms with E-state index in [0.717, 1.165) is 10.6 Å². The van der Waals surface area contributed by atoms with E-state index in [0.29, 0.717) is 0 Å². The molecule has 0 spiro atoms. The molecule has 0 bridgehead atoms. The van der Waals surface area contributed by atoms with Crippen molar-refractivity contribution >= 4 is 37.5 Å². The zero-order chi connectivity index (χ0) is 15.1. The van der Waals surface area contributed by atoms with Crippen LogP contribution in [0.3, 0.4) is 0 Å². The van der Waals surface area contributed by atoms with Crippen LogP contribution in [0, 0.1) is 0 Å². The Bertz CT molecular complexity index is 964. The Kier molecular flexibility index (Phi) is 3.09. The standard InChI is InChI=1S/C19H16N2S/c1-21(2)19-20-18-16(11-6-12-17(18)22-19)15-10-5-8-13-7-3-4-9-14(13)15/h3-12H,1-2H3. The SMILES string of the molecule is CN(C)c1nc2c(-c3cccc4ccccc34)cccc2s1. The average Bonchev–Trinajstić information content (AvgIpc) is 2.99. The summed E-state index contributed by atoms with van der Waals surface area (Å²) in [6.07, 6.45) is 0. The summed E-state index contributed by atoms with van der Waals surface area (Å²) in [4.78, 5) is 6.91. The van der Waals surface area contributed by atoms with Gasteiger partial charge < -0.3 is 4.90 Å². The van der Waals surface area contributed by atoms with Gasteiger partial charge in [0.05, 0.1) is 10.2 Å². The largest absolute Gasteiger partial charge is 0.354 e. The van der Waals surface area contributed by atoms with Crippen LogP contribution in [0.25, 0.3) is 32.1 Å².